The molecule has 3 aliphatic rings. The van der Waals surface area contributed by atoms with Gasteiger partial charge in [0.2, 0.25) is 0 Å². The van der Waals surface area contributed by atoms with Crippen molar-refractivity contribution in [3.8, 4) is 0 Å². The van der Waals surface area contributed by atoms with Crippen LogP contribution in [0.3, 0.4) is 0 Å². The van der Waals surface area contributed by atoms with Gasteiger partial charge in [0.15, 0.2) is 6.10 Å². The maximum atomic E-state index is 12.5. The Hall–Kier alpha value is -2.65. The van der Waals surface area contributed by atoms with Crippen LogP contribution in [0.1, 0.15) is 71.1 Å². The van der Waals surface area contributed by atoms with Gasteiger partial charge in [-0.3, -0.25) is 24.6 Å². The average Bonchev–Trinajstić information content (AvgIpc) is 3.41. The number of amides is 6. The molecular weight excluding hydrogens is 392 g/mol. The zero-order chi connectivity index (χ0) is 21.7. The molecule has 166 valence electrons. The van der Waals surface area contributed by atoms with Crippen molar-refractivity contribution in [1.82, 2.24) is 20.9 Å². The Morgan fingerprint density at radius 1 is 1.17 bits per heavy atom. The van der Waals surface area contributed by atoms with Gasteiger partial charge in [-0.2, -0.15) is 0 Å². The number of rotatable bonds is 7. The zero-order valence-electron chi connectivity index (χ0n) is 17.3. The van der Waals surface area contributed by atoms with E-state index < -0.39 is 35.6 Å². The first-order chi connectivity index (χ1) is 14.3. The summed E-state index contributed by atoms with van der Waals surface area (Å²) in [5.41, 5.74) is -0.761. The van der Waals surface area contributed by atoms with Crippen LogP contribution in [-0.4, -0.2) is 59.0 Å². The summed E-state index contributed by atoms with van der Waals surface area (Å²) in [6.07, 6.45) is 6.09. The number of hydrogen-bond donors (Lipinski definition) is 3. The van der Waals surface area contributed by atoms with Crippen LogP contribution in [0.2, 0.25) is 0 Å². The van der Waals surface area contributed by atoms with Gasteiger partial charge in [0.25, 0.3) is 11.8 Å². The van der Waals surface area contributed by atoms with Crippen LogP contribution in [0, 0.1) is 0 Å². The largest absolute Gasteiger partial charge is 0.453 e. The first-order valence-electron chi connectivity index (χ1n) is 10.8. The molecule has 1 spiro atoms. The molecule has 30 heavy (non-hydrogen) atoms. The van der Waals surface area contributed by atoms with Crippen molar-refractivity contribution in [2.75, 3.05) is 6.54 Å². The third kappa shape index (κ3) is 5.09. The number of nitrogens with zero attached hydrogens (tertiary/aromatic N) is 1. The molecule has 10 nitrogen and oxygen atoms in total. The lowest BCUT2D eigenvalue weighted by molar-refractivity contribution is -0.154. The zero-order valence-corrected chi connectivity index (χ0v) is 17.3. The third-order valence-corrected chi connectivity index (χ3v) is 6.07. The highest BCUT2D eigenvalue weighted by Crippen LogP contribution is 2.35. The summed E-state index contributed by atoms with van der Waals surface area (Å²) < 4.78 is 5.06. The fourth-order valence-electron chi connectivity index (χ4n) is 4.39. The summed E-state index contributed by atoms with van der Waals surface area (Å²) >= 11 is 0. The molecule has 1 saturated heterocycles. The topological polar surface area (TPSA) is 134 Å². The summed E-state index contributed by atoms with van der Waals surface area (Å²) in [6.45, 7) is 1.50. The van der Waals surface area contributed by atoms with Gasteiger partial charge in [0.05, 0.1) is 0 Å². The molecular formula is C20H30N4O6. The number of nitrogens with one attached hydrogen (secondary N) is 3. The van der Waals surface area contributed by atoms with Crippen molar-refractivity contribution >= 4 is 29.8 Å². The van der Waals surface area contributed by atoms with E-state index in [1.54, 1.807) is 0 Å². The van der Waals surface area contributed by atoms with Gasteiger partial charge in [-0.15, -0.1) is 0 Å². The minimum atomic E-state index is -1.12. The maximum absolute atomic E-state index is 12.5. The summed E-state index contributed by atoms with van der Waals surface area (Å²) in [5.74, 6) is -1.55. The van der Waals surface area contributed by atoms with Crippen molar-refractivity contribution in [2.24, 2.45) is 0 Å². The van der Waals surface area contributed by atoms with Crippen LogP contribution in [0.15, 0.2) is 0 Å². The molecule has 1 heterocycles. The number of hydrogen-bond acceptors (Lipinski definition) is 6. The fourth-order valence-corrected chi connectivity index (χ4v) is 4.39. The first kappa shape index (κ1) is 22.0. The van der Waals surface area contributed by atoms with E-state index >= 15 is 0 Å². The van der Waals surface area contributed by atoms with E-state index in [2.05, 4.69) is 16.0 Å². The van der Waals surface area contributed by atoms with E-state index in [0.717, 1.165) is 43.4 Å². The average molecular weight is 422 g/mol. The first-order valence-corrected chi connectivity index (χ1v) is 10.8. The van der Waals surface area contributed by atoms with Gasteiger partial charge in [-0.1, -0.05) is 25.7 Å². The predicted molar refractivity (Wildman–Crippen MR) is 105 cm³/mol. The predicted octanol–water partition coefficient (Wildman–Crippen LogP) is 1.33. The van der Waals surface area contributed by atoms with Gasteiger partial charge < -0.3 is 15.4 Å². The summed E-state index contributed by atoms with van der Waals surface area (Å²) in [5, 5.41) is 7.69. The highest BCUT2D eigenvalue weighted by molar-refractivity contribution is 6.07. The monoisotopic (exact) mass is 422 g/mol. The van der Waals surface area contributed by atoms with Crippen LogP contribution in [-0.2, 0) is 19.1 Å². The molecule has 1 atom stereocenters. The summed E-state index contributed by atoms with van der Waals surface area (Å²) in [6, 6.07) is -0.935. The molecule has 0 aromatic carbocycles. The van der Waals surface area contributed by atoms with Crippen LogP contribution in [0.4, 0.5) is 9.59 Å². The highest BCUT2D eigenvalue weighted by atomic mass is 16.5. The van der Waals surface area contributed by atoms with Gasteiger partial charge in [-0.05, 0) is 39.0 Å². The van der Waals surface area contributed by atoms with E-state index in [0.29, 0.717) is 12.8 Å². The molecule has 0 bridgehead atoms. The van der Waals surface area contributed by atoms with Crippen molar-refractivity contribution in [3.05, 3.63) is 0 Å². The van der Waals surface area contributed by atoms with E-state index in [9.17, 15) is 24.0 Å². The summed E-state index contributed by atoms with van der Waals surface area (Å²) in [7, 11) is 0. The van der Waals surface area contributed by atoms with Crippen molar-refractivity contribution in [1.29, 1.82) is 0 Å². The molecule has 3 rings (SSSR count). The Labute approximate surface area is 175 Å². The van der Waals surface area contributed by atoms with Crippen molar-refractivity contribution < 1.29 is 28.7 Å². The number of imide groups is 2. The lowest BCUT2D eigenvalue weighted by Crippen LogP contribution is -2.47. The molecule has 2 aliphatic carbocycles. The second kappa shape index (κ2) is 9.44. The Balaban J connectivity index is 1.35. The van der Waals surface area contributed by atoms with Gasteiger partial charge in [0.1, 0.15) is 5.54 Å². The van der Waals surface area contributed by atoms with Crippen LogP contribution < -0.4 is 16.0 Å². The minimum Gasteiger partial charge on any atom is -0.453 e. The smallest absolute Gasteiger partial charge is 0.325 e. The fraction of sp³-hybridized carbons (Fsp3) is 0.750. The molecule has 0 aromatic heterocycles. The number of carbonyl (C=O) groups excluding carboxylic acids is 5. The second-order valence-corrected chi connectivity index (χ2v) is 8.36. The Morgan fingerprint density at radius 2 is 1.83 bits per heavy atom. The SMILES string of the molecule is C[C@H](OC(=O)CCCN1C(=O)NC2(CCCC2)C1=O)C(=O)NC(=O)NC1CCCC1. The van der Waals surface area contributed by atoms with E-state index in [4.69, 9.17) is 4.74 Å². The Morgan fingerprint density at radius 3 is 2.50 bits per heavy atom. The lowest BCUT2D eigenvalue weighted by atomic mass is 9.98. The van der Waals surface area contributed by atoms with Gasteiger partial charge >= 0.3 is 18.0 Å². The van der Waals surface area contributed by atoms with E-state index in [1.807, 2.05) is 0 Å². The van der Waals surface area contributed by atoms with Crippen LogP contribution in [0.5, 0.6) is 0 Å². The van der Waals surface area contributed by atoms with E-state index in [1.165, 1.54) is 6.92 Å². The van der Waals surface area contributed by atoms with Crippen LogP contribution in [0.25, 0.3) is 0 Å². The number of ether oxygens (including phenoxy) is 1. The molecule has 0 aromatic rings. The van der Waals surface area contributed by atoms with Gasteiger partial charge in [0, 0.05) is 19.0 Å². The maximum Gasteiger partial charge on any atom is 0.325 e. The normalized spacial score (nSPS) is 21.6. The van der Waals surface area contributed by atoms with Crippen LogP contribution >= 0.6 is 0 Å². The molecule has 6 amide bonds. The molecule has 3 N–H and O–H groups in total. The highest BCUT2D eigenvalue weighted by Gasteiger charge is 2.52. The molecule has 0 unspecified atom stereocenters. The lowest BCUT2D eigenvalue weighted by Gasteiger charge is -2.20. The summed E-state index contributed by atoms with van der Waals surface area (Å²) in [4.78, 5) is 61.7. The standard InChI is InChI=1S/C20H30N4O6/c1-13(16(26)22-18(28)21-14-7-2-3-8-14)30-15(25)9-6-12-24-17(27)20(23-19(24)29)10-4-5-11-20/h13-14H,2-12H2,1H3,(H,23,29)(H2,21,22,26,28)/t13-/m0/s1. The van der Waals surface area contributed by atoms with Crippen molar-refractivity contribution in [2.45, 2.75) is 88.8 Å². The van der Waals surface area contributed by atoms with Crippen molar-refractivity contribution in [3.63, 3.8) is 0 Å². The number of carbonyl (C=O) groups is 5. The molecule has 1 aliphatic heterocycles. The Kier molecular flexibility index (Phi) is 6.94. The third-order valence-electron chi connectivity index (χ3n) is 6.07. The quantitative estimate of drug-likeness (QED) is 0.419. The number of esters is 1. The van der Waals surface area contributed by atoms with Gasteiger partial charge in [-0.25, -0.2) is 9.59 Å². The number of urea groups is 2. The molecule has 0 radical (unpaired) electrons. The molecule has 3 fully saturated rings. The molecule has 10 heteroatoms. The molecule has 2 saturated carbocycles. The minimum absolute atomic E-state index is 0.0457. The second-order valence-electron chi connectivity index (χ2n) is 8.36. The Bertz CT molecular complexity index is 712. The van der Waals surface area contributed by atoms with E-state index in [-0.39, 0.29) is 31.3 Å².